The highest BCUT2D eigenvalue weighted by atomic mass is 32.1. The first-order valence-electron chi connectivity index (χ1n) is 4.78. The van der Waals surface area contributed by atoms with Crippen LogP contribution in [-0.2, 0) is 0 Å². The third-order valence-electron chi connectivity index (χ3n) is 2.36. The van der Waals surface area contributed by atoms with Crippen LogP contribution in [0.3, 0.4) is 0 Å². The minimum absolute atomic E-state index is 0.385. The first-order valence-corrected chi connectivity index (χ1v) is 5.66. The molecule has 3 rings (SSSR count). The van der Waals surface area contributed by atoms with E-state index in [1.165, 1.54) is 11.3 Å². The number of primary amides is 1. The zero-order valence-corrected chi connectivity index (χ0v) is 9.36. The van der Waals surface area contributed by atoms with Gasteiger partial charge in [-0.1, -0.05) is 0 Å². The average Bonchev–Trinajstić information content (AvgIpc) is 2.98. The van der Waals surface area contributed by atoms with Gasteiger partial charge < -0.3 is 5.73 Å². The molecule has 1 amide bonds. The molecule has 0 unspecified atom stereocenters. The highest BCUT2D eigenvalue weighted by Gasteiger charge is 2.13. The highest BCUT2D eigenvalue weighted by molar-refractivity contribution is 7.13. The smallest absolute Gasteiger partial charge is 0.251 e. The summed E-state index contributed by atoms with van der Waals surface area (Å²) in [5, 5.41) is 6.58. The average molecular weight is 245 g/mol. The molecule has 7 heteroatoms. The van der Waals surface area contributed by atoms with Crippen LogP contribution in [0.15, 0.2) is 24.0 Å². The maximum absolute atomic E-state index is 11.4. The Balaban J connectivity index is 2.31. The van der Waals surface area contributed by atoms with Gasteiger partial charge in [-0.2, -0.15) is 5.10 Å². The van der Waals surface area contributed by atoms with Gasteiger partial charge in [0.25, 0.3) is 5.91 Å². The van der Waals surface area contributed by atoms with Gasteiger partial charge in [-0.25, -0.2) is 4.98 Å². The van der Waals surface area contributed by atoms with E-state index in [2.05, 4.69) is 20.2 Å². The second-order valence-electron chi connectivity index (χ2n) is 3.42. The summed E-state index contributed by atoms with van der Waals surface area (Å²) >= 11 is 1.45. The van der Waals surface area contributed by atoms with Gasteiger partial charge in [0, 0.05) is 6.20 Å². The standard InChI is InChI=1S/C10H7N5OS/c11-10(16)5-1-6(8-3-12-4-17-8)14-7-2-13-15-9(5)7/h1-4H,(H2,11,16)(H,13,15). The van der Waals surface area contributed by atoms with Crippen LogP contribution in [0.25, 0.3) is 21.6 Å². The molecule has 0 saturated carbocycles. The molecule has 3 heterocycles. The predicted octanol–water partition coefficient (Wildman–Crippen LogP) is 1.18. The van der Waals surface area contributed by atoms with Crippen molar-refractivity contribution >= 4 is 28.3 Å². The Labute approximate surface area is 99.5 Å². The van der Waals surface area contributed by atoms with Gasteiger partial charge in [0.2, 0.25) is 0 Å². The molecule has 0 aliphatic rings. The lowest BCUT2D eigenvalue weighted by atomic mass is 10.1. The fourth-order valence-electron chi connectivity index (χ4n) is 1.60. The zero-order valence-electron chi connectivity index (χ0n) is 8.54. The summed E-state index contributed by atoms with van der Waals surface area (Å²) in [6.07, 6.45) is 3.26. The maximum Gasteiger partial charge on any atom is 0.251 e. The maximum atomic E-state index is 11.4. The molecule has 0 saturated heterocycles. The number of aromatic nitrogens is 4. The van der Waals surface area contributed by atoms with Crippen LogP contribution >= 0.6 is 11.3 Å². The highest BCUT2D eigenvalue weighted by Crippen LogP contribution is 2.25. The molecule has 0 spiro atoms. The van der Waals surface area contributed by atoms with E-state index in [1.807, 2.05) is 0 Å². The number of nitrogens with zero attached hydrogens (tertiary/aromatic N) is 3. The monoisotopic (exact) mass is 245 g/mol. The minimum atomic E-state index is -0.507. The number of thiazole rings is 1. The van der Waals surface area contributed by atoms with Gasteiger partial charge >= 0.3 is 0 Å². The zero-order chi connectivity index (χ0) is 11.8. The van der Waals surface area contributed by atoms with Crippen molar-refractivity contribution in [1.29, 1.82) is 0 Å². The first-order chi connectivity index (χ1) is 8.25. The molecule has 0 fully saturated rings. The van der Waals surface area contributed by atoms with Crippen LogP contribution < -0.4 is 5.73 Å². The molecular formula is C10H7N5OS. The van der Waals surface area contributed by atoms with Crippen molar-refractivity contribution in [3.8, 4) is 10.6 Å². The number of aromatic amines is 1. The van der Waals surface area contributed by atoms with E-state index in [1.54, 1.807) is 24.0 Å². The van der Waals surface area contributed by atoms with Gasteiger partial charge in [-0.15, -0.1) is 11.3 Å². The molecule has 3 aromatic rings. The van der Waals surface area contributed by atoms with Crippen LogP contribution in [0, 0.1) is 0 Å². The molecule has 3 aromatic heterocycles. The van der Waals surface area contributed by atoms with E-state index in [4.69, 9.17) is 5.73 Å². The Morgan fingerprint density at radius 3 is 3.00 bits per heavy atom. The summed E-state index contributed by atoms with van der Waals surface area (Å²) < 4.78 is 0. The summed E-state index contributed by atoms with van der Waals surface area (Å²) in [5.74, 6) is -0.507. The Morgan fingerprint density at radius 1 is 1.41 bits per heavy atom. The Hall–Kier alpha value is -2.28. The number of pyridine rings is 1. The summed E-state index contributed by atoms with van der Waals surface area (Å²) in [5.41, 5.74) is 9.28. The molecule has 0 atom stereocenters. The fraction of sp³-hybridized carbons (Fsp3) is 0. The third kappa shape index (κ3) is 1.56. The number of amides is 1. The molecule has 84 valence electrons. The Bertz CT molecular complexity index is 688. The lowest BCUT2D eigenvalue weighted by molar-refractivity contribution is 0.100. The number of nitrogens with two attached hydrogens (primary N) is 1. The van der Waals surface area contributed by atoms with Gasteiger partial charge in [0.05, 0.1) is 33.4 Å². The summed E-state index contributed by atoms with van der Waals surface area (Å²) in [7, 11) is 0. The van der Waals surface area contributed by atoms with E-state index in [0.29, 0.717) is 22.3 Å². The van der Waals surface area contributed by atoms with Crippen LogP contribution in [0.2, 0.25) is 0 Å². The van der Waals surface area contributed by atoms with Gasteiger partial charge in [0.15, 0.2) is 0 Å². The van der Waals surface area contributed by atoms with Gasteiger partial charge in [-0.3, -0.25) is 14.9 Å². The number of nitrogens with one attached hydrogen (secondary N) is 1. The molecule has 0 aliphatic carbocycles. The fourth-order valence-corrected chi connectivity index (χ4v) is 2.18. The largest absolute Gasteiger partial charge is 0.366 e. The van der Waals surface area contributed by atoms with Crippen molar-refractivity contribution in [3.63, 3.8) is 0 Å². The first kappa shape index (κ1) is 9.91. The van der Waals surface area contributed by atoms with E-state index in [9.17, 15) is 4.79 Å². The van der Waals surface area contributed by atoms with Crippen molar-refractivity contribution < 1.29 is 4.79 Å². The normalized spacial score (nSPS) is 10.8. The molecule has 0 bridgehead atoms. The minimum Gasteiger partial charge on any atom is -0.366 e. The van der Waals surface area contributed by atoms with Crippen molar-refractivity contribution in [2.45, 2.75) is 0 Å². The van der Waals surface area contributed by atoms with Crippen LogP contribution in [0.4, 0.5) is 0 Å². The SMILES string of the molecule is NC(=O)c1cc(-c2cncs2)nc2cn[nH]c12. The molecule has 17 heavy (non-hydrogen) atoms. The van der Waals surface area contributed by atoms with E-state index in [0.717, 1.165) is 4.88 Å². The predicted molar refractivity (Wildman–Crippen MR) is 63.5 cm³/mol. The molecule has 6 nitrogen and oxygen atoms in total. The summed E-state index contributed by atoms with van der Waals surface area (Å²) in [4.78, 5) is 20.6. The number of carbonyl (C=O) groups excluding carboxylic acids is 1. The second-order valence-corrected chi connectivity index (χ2v) is 4.30. The number of rotatable bonds is 2. The number of carbonyl (C=O) groups is 1. The van der Waals surface area contributed by atoms with Gasteiger partial charge in [0.1, 0.15) is 5.52 Å². The quantitative estimate of drug-likeness (QED) is 0.708. The van der Waals surface area contributed by atoms with Crippen molar-refractivity contribution in [1.82, 2.24) is 20.2 Å². The molecule has 0 aliphatic heterocycles. The van der Waals surface area contributed by atoms with Crippen LogP contribution in [0.1, 0.15) is 10.4 Å². The van der Waals surface area contributed by atoms with E-state index in [-0.39, 0.29) is 0 Å². The topological polar surface area (TPSA) is 97.6 Å². The van der Waals surface area contributed by atoms with Crippen molar-refractivity contribution in [3.05, 3.63) is 29.5 Å². The van der Waals surface area contributed by atoms with E-state index < -0.39 is 5.91 Å². The van der Waals surface area contributed by atoms with Crippen LogP contribution in [0.5, 0.6) is 0 Å². The number of hydrogen-bond acceptors (Lipinski definition) is 5. The summed E-state index contributed by atoms with van der Waals surface area (Å²) in [6.45, 7) is 0. The second kappa shape index (κ2) is 3.63. The number of hydrogen-bond donors (Lipinski definition) is 2. The Kier molecular flexibility index (Phi) is 2.12. The van der Waals surface area contributed by atoms with Crippen molar-refractivity contribution in [2.75, 3.05) is 0 Å². The van der Waals surface area contributed by atoms with Crippen LogP contribution in [-0.4, -0.2) is 26.1 Å². The Morgan fingerprint density at radius 2 is 2.29 bits per heavy atom. The summed E-state index contributed by atoms with van der Waals surface area (Å²) in [6, 6.07) is 1.65. The lowest BCUT2D eigenvalue weighted by Crippen LogP contribution is -2.12. The molecule has 0 aromatic carbocycles. The van der Waals surface area contributed by atoms with Crippen molar-refractivity contribution in [2.24, 2.45) is 5.73 Å². The lowest BCUT2D eigenvalue weighted by Gasteiger charge is -2.01. The van der Waals surface area contributed by atoms with Gasteiger partial charge in [-0.05, 0) is 6.07 Å². The number of fused-ring (bicyclic) bond motifs is 1. The molecular weight excluding hydrogens is 238 g/mol. The molecule has 3 N–H and O–H groups in total. The third-order valence-corrected chi connectivity index (χ3v) is 3.16. The number of H-pyrrole nitrogens is 1. The van der Waals surface area contributed by atoms with E-state index >= 15 is 0 Å². The molecule has 0 radical (unpaired) electrons.